The molecule has 0 unspecified atom stereocenters. The smallest absolute Gasteiger partial charge is 0.410 e. The summed E-state index contributed by atoms with van der Waals surface area (Å²) < 4.78 is 5.26. The van der Waals surface area contributed by atoms with E-state index in [4.69, 9.17) is 4.74 Å². The van der Waals surface area contributed by atoms with Crippen molar-refractivity contribution in [3.63, 3.8) is 0 Å². The van der Waals surface area contributed by atoms with Crippen molar-refractivity contribution in [3.05, 3.63) is 18.0 Å². The van der Waals surface area contributed by atoms with Crippen LogP contribution < -0.4 is 0 Å². The Bertz CT molecular complexity index is 471. The standard InChI is InChI=1S/C13H17N3O2/c1-13(2,3)18-12(17)16-8-11(9-16)5-4-10-6-14-15-7-10/h6-7,11H,8-9H2,1-3H3,(H,14,15). The first-order valence-electron chi connectivity index (χ1n) is 5.92. The zero-order valence-corrected chi connectivity index (χ0v) is 10.9. The van der Waals surface area contributed by atoms with Gasteiger partial charge in [-0.3, -0.25) is 5.10 Å². The van der Waals surface area contributed by atoms with Crippen LogP contribution in [-0.4, -0.2) is 39.9 Å². The number of rotatable bonds is 0. The fourth-order valence-electron chi connectivity index (χ4n) is 1.55. The molecule has 96 valence electrons. The summed E-state index contributed by atoms with van der Waals surface area (Å²) >= 11 is 0. The van der Waals surface area contributed by atoms with Crippen LogP contribution in [0.3, 0.4) is 0 Å². The van der Waals surface area contributed by atoms with Gasteiger partial charge >= 0.3 is 6.09 Å². The number of hydrogen-bond acceptors (Lipinski definition) is 3. The molecule has 0 atom stereocenters. The van der Waals surface area contributed by atoms with Gasteiger partial charge in [0, 0.05) is 19.3 Å². The molecule has 5 heteroatoms. The highest BCUT2D eigenvalue weighted by Crippen LogP contribution is 2.18. The van der Waals surface area contributed by atoms with Crippen LogP contribution in [0.25, 0.3) is 0 Å². The van der Waals surface area contributed by atoms with Crippen molar-refractivity contribution in [1.29, 1.82) is 0 Å². The number of carbonyl (C=O) groups excluding carboxylic acids is 1. The molecule has 2 heterocycles. The van der Waals surface area contributed by atoms with Gasteiger partial charge in [-0.1, -0.05) is 11.8 Å². The maximum Gasteiger partial charge on any atom is 0.410 e. The lowest BCUT2D eigenvalue weighted by Crippen LogP contribution is -2.51. The van der Waals surface area contributed by atoms with Crippen LogP contribution in [0.1, 0.15) is 26.3 Å². The minimum absolute atomic E-state index is 0.229. The maximum absolute atomic E-state index is 11.7. The summed E-state index contributed by atoms with van der Waals surface area (Å²) in [4.78, 5) is 13.3. The first-order valence-corrected chi connectivity index (χ1v) is 5.92. The van der Waals surface area contributed by atoms with Gasteiger partial charge in [0.15, 0.2) is 0 Å². The van der Waals surface area contributed by atoms with Crippen molar-refractivity contribution in [1.82, 2.24) is 15.1 Å². The SMILES string of the molecule is CC(C)(C)OC(=O)N1CC(C#Cc2cn[nH]c2)C1. The molecule has 2 rings (SSSR count). The van der Waals surface area contributed by atoms with E-state index in [9.17, 15) is 4.79 Å². The average Bonchev–Trinajstić information content (AvgIpc) is 2.64. The molecule has 1 N–H and O–H groups in total. The third-order valence-corrected chi connectivity index (χ3v) is 2.45. The third-order valence-electron chi connectivity index (χ3n) is 2.45. The van der Waals surface area contributed by atoms with Crippen LogP contribution >= 0.6 is 0 Å². The second kappa shape index (κ2) is 4.73. The molecule has 0 saturated carbocycles. The molecule has 1 aromatic rings. The van der Waals surface area contributed by atoms with Crippen molar-refractivity contribution in [3.8, 4) is 11.8 Å². The molecule has 1 saturated heterocycles. The second-order valence-corrected chi connectivity index (χ2v) is 5.34. The van der Waals surface area contributed by atoms with Gasteiger partial charge in [0.2, 0.25) is 0 Å². The molecular weight excluding hydrogens is 230 g/mol. The van der Waals surface area contributed by atoms with E-state index in [2.05, 4.69) is 22.0 Å². The first kappa shape index (κ1) is 12.5. The lowest BCUT2D eigenvalue weighted by molar-refractivity contribution is 0.00592. The van der Waals surface area contributed by atoms with Crippen LogP contribution in [0.5, 0.6) is 0 Å². The van der Waals surface area contributed by atoms with Gasteiger partial charge in [0.05, 0.1) is 17.7 Å². The summed E-state index contributed by atoms with van der Waals surface area (Å²) in [7, 11) is 0. The van der Waals surface area contributed by atoms with Gasteiger partial charge in [0.1, 0.15) is 5.60 Å². The molecule has 1 amide bonds. The van der Waals surface area contributed by atoms with Crippen LogP contribution in [0.4, 0.5) is 4.79 Å². The monoisotopic (exact) mass is 247 g/mol. The van der Waals surface area contributed by atoms with E-state index < -0.39 is 5.60 Å². The number of amides is 1. The largest absolute Gasteiger partial charge is 0.444 e. The topological polar surface area (TPSA) is 58.2 Å². The third kappa shape index (κ3) is 3.27. The van der Waals surface area contributed by atoms with Crippen molar-refractivity contribution in [2.75, 3.05) is 13.1 Å². The number of H-pyrrole nitrogens is 1. The predicted octanol–water partition coefficient (Wildman–Crippen LogP) is 1.63. The fraction of sp³-hybridized carbons (Fsp3) is 0.538. The summed E-state index contributed by atoms with van der Waals surface area (Å²) in [6.45, 7) is 6.86. The number of ether oxygens (including phenoxy) is 1. The quantitative estimate of drug-likeness (QED) is 0.709. The van der Waals surface area contributed by atoms with Gasteiger partial charge < -0.3 is 9.64 Å². The Morgan fingerprint density at radius 2 is 2.28 bits per heavy atom. The Morgan fingerprint density at radius 3 is 2.83 bits per heavy atom. The normalized spacial score (nSPS) is 15.6. The van der Waals surface area contributed by atoms with E-state index in [1.54, 1.807) is 17.3 Å². The number of aromatic amines is 1. The zero-order chi connectivity index (χ0) is 13.2. The molecule has 1 aliphatic rings. The lowest BCUT2D eigenvalue weighted by Gasteiger charge is -2.37. The van der Waals surface area contributed by atoms with Crippen LogP contribution in [-0.2, 0) is 4.74 Å². The molecule has 18 heavy (non-hydrogen) atoms. The Morgan fingerprint density at radius 1 is 1.56 bits per heavy atom. The van der Waals surface area contributed by atoms with Crippen molar-refractivity contribution in [2.45, 2.75) is 26.4 Å². The highest BCUT2D eigenvalue weighted by Gasteiger charge is 2.32. The highest BCUT2D eigenvalue weighted by atomic mass is 16.6. The zero-order valence-electron chi connectivity index (χ0n) is 10.9. The molecule has 1 aliphatic heterocycles. The van der Waals surface area contributed by atoms with Gasteiger partial charge in [0.25, 0.3) is 0 Å². The Labute approximate surface area is 107 Å². The highest BCUT2D eigenvalue weighted by molar-refractivity contribution is 5.69. The van der Waals surface area contributed by atoms with E-state index in [1.807, 2.05) is 20.8 Å². The predicted molar refractivity (Wildman–Crippen MR) is 66.8 cm³/mol. The molecule has 0 bridgehead atoms. The van der Waals surface area contributed by atoms with E-state index >= 15 is 0 Å². The molecular formula is C13H17N3O2. The van der Waals surface area contributed by atoms with Crippen molar-refractivity contribution in [2.24, 2.45) is 5.92 Å². The minimum atomic E-state index is -0.440. The van der Waals surface area contributed by atoms with E-state index in [-0.39, 0.29) is 12.0 Å². The maximum atomic E-state index is 11.7. The summed E-state index contributed by atoms with van der Waals surface area (Å²) in [6.07, 6.45) is 3.16. The number of nitrogens with one attached hydrogen (secondary N) is 1. The first-order chi connectivity index (χ1) is 8.44. The summed E-state index contributed by atoms with van der Waals surface area (Å²) in [6, 6.07) is 0. The molecule has 0 aromatic carbocycles. The van der Waals surface area contributed by atoms with Crippen molar-refractivity contribution < 1.29 is 9.53 Å². The minimum Gasteiger partial charge on any atom is -0.444 e. The summed E-state index contributed by atoms with van der Waals surface area (Å²) in [5.41, 5.74) is 0.427. The van der Waals surface area contributed by atoms with Gasteiger partial charge in [-0.05, 0) is 20.8 Å². The number of nitrogens with zero attached hydrogens (tertiary/aromatic N) is 2. The van der Waals surface area contributed by atoms with Gasteiger partial charge in [-0.2, -0.15) is 5.10 Å². The van der Waals surface area contributed by atoms with Crippen LogP contribution in [0.15, 0.2) is 12.4 Å². The van der Waals surface area contributed by atoms with E-state index in [0.29, 0.717) is 13.1 Å². The van der Waals surface area contributed by atoms with Crippen LogP contribution in [0.2, 0.25) is 0 Å². The lowest BCUT2D eigenvalue weighted by atomic mass is 10.0. The Hall–Kier alpha value is -1.96. The number of likely N-dealkylation sites (tertiary alicyclic amines) is 1. The Kier molecular flexibility index (Phi) is 3.28. The van der Waals surface area contributed by atoms with Gasteiger partial charge in [-0.25, -0.2) is 4.79 Å². The number of hydrogen-bond donors (Lipinski definition) is 1. The molecule has 0 radical (unpaired) electrons. The second-order valence-electron chi connectivity index (χ2n) is 5.34. The van der Waals surface area contributed by atoms with Crippen LogP contribution in [0, 0.1) is 17.8 Å². The van der Waals surface area contributed by atoms with E-state index in [0.717, 1.165) is 5.56 Å². The molecule has 1 fully saturated rings. The summed E-state index contributed by atoms with van der Waals surface area (Å²) in [5.74, 6) is 6.35. The van der Waals surface area contributed by atoms with E-state index in [1.165, 1.54) is 0 Å². The number of carbonyl (C=O) groups is 1. The molecule has 5 nitrogen and oxygen atoms in total. The summed E-state index contributed by atoms with van der Waals surface area (Å²) in [5, 5.41) is 6.52. The Balaban J connectivity index is 1.79. The average molecular weight is 247 g/mol. The van der Waals surface area contributed by atoms with Gasteiger partial charge in [-0.15, -0.1) is 0 Å². The number of aromatic nitrogens is 2. The molecule has 0 spiro atoms. The molecule has 0 aliphatic carbocycles. The fourth-order valence-corrected chi connectivity index (χ4v) is 1.55. The molecule has 1 aromatic heterocycles. The van der Waals surface area contributed by atoms with Crippen molar-refractivity contribution >= 4 is 6.09 Å².